The molecule has 4 heteroatoms. The number of hydrogen-bond acceptors (Lipinski definition) is 3. The van der Waals surface area contributed by atoms with Crippen LogP contribution in [0.5, 0.6) is 0 Å². The van der Waals surface area contributed by atoms with E-state index in [-0.39, 0.29) is 0 Å². The summed E-state index contributed by atoms with van der Waals surface area (Å²) in [5.41, 5.74) is 0. The maximum Gasteiger partial charge on any atom is 0.186 e. The van der Waals surface area contributed by atoms with Gasteiger partial charge in [-0.05, 0) is 25.7 Å². The molecule has 0 bridgehead atoms. The van der Waals surface area contributed by atoms with Gasteiger partial charge in [0.1, 0.15) is 5.15 Å². The summed E-state index contributed by atoms with van der Waals surface area (Å²) in [6, 6.07) is 0.606. The summed E-state index contributed by atoms with van der Waals surface area (Å²) < 4.78 is 0. The zero-order valence-electron chi connectivity index (χ0n) is 9.24. The molecule has 0 spiro atoms. The van der Waals surface area contributed by atoms with Crippen molar-refractivity contribution >= 4 is 28.1 Å². The van der Waals surface area contributed by atoms with Gasteiger partial charge < -0.3 is 4.90 Å². The van der Waals surface area contributed by atoms with E-state index >= 15 is 0 Å². The van der Waals surface area contributed by atoms with Gasteiger partial charge in [-0.15, -0.1) is 11.3 Å². The predicted octanol–water partition coefficient (Wildman–Crippen LogP) is 3.81. The molecule has 15 heavy (non-hydrogen) atoms. The Hall–Kier alpha value is -0.280. The molecule has 0 radical (unpaired) electrons. The molecule has 2 nitrogen and oxygen atoms in total. The Bertz CT molecular complexity index is 326. The SMILES string of the molecule is CC[C@@H]1CC[C@H](C)N(c2nc(Cl)cs2)C1. The normalized spacial score (nSPS) is 27.0. The second kappa shape index (κ2) is 4.71. The van der Waals surface area contributed by atoms with E-state index in [1.165, 1.54) is 19.3 Å². The second-order valence-electron chi connectivity index (χ2n) is 4.31. The highest BCUT2D eigenvalue weighted by Gasteiger charge is 2.26. The number of halogens is 1. The highest BCUT2D eigenvalue weighted by atomic mass is 35.5. The molecule has 1 saturated heterocycles. The quantitative estimate of drug-likeness (QED) is 0.787. The standard InChI is InChI=1S/C11H17ClN2S/c1-3-9-5-4-8(2)14(6-9)11-13-10(12)7-15-11/h7-9H,3-6H2,1-2H3/t8-,9+/m0/s1. The lowest BCUT2D eigenvalue weighted by Crippen LogP contribution is -2.41. The zero-order valence-corrected chi connectivity index (χ0v) is 10.8. The third-order valence-corrected chi connectivity index (χ3v) is 4.47. The van der Waals surface area contributed by atoms with Gasteiger partial charge >= 0.3 is 0 Å². The second-order valence-corrected chi connectivity index (χ2v) is 5.53. The first kappa shape index (κ1) is 11.2. The van der Waals surface area contributed by atoms with Crippen molar-refractivity contribution in [3.8, 4) is 0 Å². The van der Waals surface area contributed by atoms with E-state index in [2.05, 4.69) is 23.7 Å². The number of rotatable bonds is 2. The number of hydrogen-bond donors (Lipinski definition) is 0. The van der Waals surface area contributed by atoms with E-state index in [9.17, 15) is 0 Å². The fourth-order valence-electron chi connectivity index (χ4n) is 2.16. The molecule has 84 valence electrons. The molecule has 1 aliphatic rings. The lowest BCUT2D eigenvalue weighted by Gasteiger charge is -2.37. The van der Waals surface area contributed by atoms with Gasteiger partial charge in [0, 0.05) is 18.0 Å². The van der Waals surface area contributed by atoms with E-state index in [4.69, 9.17) is 11.6 Å². The van der Waals surface area contributed by atoms with Gasteiger partial charge in [0.2, 0.25) is 0 Å². The minimum atomic E-state index is 0.606. The van der Waals surface area contributed by atoms with Crippen molar-refractivity contribution in [2.75, 3.05) is 11.4 Å². The topological polar surface area (TPSA) is 16.1 Å². The van der Waals surface area contributed by atoms with Crippen molar-refractivity contribution in [2.45, 2.75) is 39.2 Å². The molecule has 1 aliphatic heterocycles. The van der Waals surface area contributed by atoms with Crippen LogP contribution in [0.15, 0.2) is 5.38 Å². The monoisotopic (exact) mass is 244 g/mol. The lowest BCUT2D eigenvalue weighted by atomic mass is 9.92. The van der Waals surface area contributed by atoms with Crippen LogP contribution in [-0.4, -0.2) is 17.6 Å². The van der Waals surface area contributed by atoms with Gasteiger partial charge in [-0.25, -0.2) is 4.98 Å². The molecular formula is C11H17ClN2S. The van der Waals surface area contributed by atoms with Crippen molar-refractivity contribution < 1.29 is 0 Å². The molecule has 0 saturated carbocycles. The minimum Gasteiger partial charge on any atom is -0.345 e. The molecule has 1 aromatic heterocycles. The van der Waals surface area contributed by atoms with Crippen molar-refractivity contribution in [1.82, 2.24) is 4.98 Å². The van der Waals surface area contributed by atoms with Gasteiger partial charge in [0.15, 0.2) is 5.13 Å². The van der Waals surface area contributed by atoms with Crippen LogP contribution in [0.4, 0.5) is 5.13 Å². The predicted molar refractivity (Wildman–Crippen MR) is 66.9 cm³/mol. The molecule has 1 aromatic rings. The maximum atomic E-state index is 5.87. The first-order chi connectivity index (χ1) is 7.20. The zero-order chi connectivity index (χ0) is 10.8. The molecule has 0 amide bonds. The Morgan fingerprint density at radius 2 is 2.40 bits per heavy atom. The van der Waals surface area contributed by atoms with E-state index in [1.807, 2.05) is 5.38 Å². The number of aromatic nitrogens is 1. The summed E-state index contributed by atoms with van der Waals surface area (Å²) >= 11 is 7.53. The number of anilines is 1. The van der Waals surface area contributed by atoms with E-state index in [0.717, 1.165) is 17.6 Å². The number of nitrogens with zero attached hydrogens (tertiary/aromatic N) is 2. The van der Waals surface area contributed by atoms with Crippen LogP contribution in [0.25, 0.3) is 0 Å². The third-order valence-electron chi connectivity index (χ3n) is 3.27. The van der Waals surface area contributed by atoms with Gasteiger partial charge in [-0.1, -0.05) is 24.9 Å². The summed E-state index contributed by atoms with van der Waals surface area (Å²) in [4.78, 5) is 6.77. The summed E-state index contributed by atoms with van der Waals surface area (Å²) in [7, 11) is 0. The van der Waals surface area contributed by atoms with Crippen molar-refractivity contribution in [3.05, 3.63) is 10.5 Å². The lowest BCUT2D eigenvalue weighted by molar-refractivity contribution is 0.359. The minimum absolute atomic E-state index is 0.606. The average Bonchev–Trinajstić information content (AvgIpc) is 2.65. The van der Waals surface area contributed by atoms with E-state index in [1.54, 1.807) is 11.3 Å². The highest BCUT2D eigenvalue weighted by Crippen LogP contribution is 2.31. The summed E-state index contributed by atoms with van der Waals surface area (Å²) in [5.74, 6) is 0.823. The van der Waals surface area contributed by atoms with Crippen LogP contribution in [0.3, 0.4) is 0 Å². The molecule has 0 N–H and O–H groups in total. The molecule has 0 aliphatic carbocycles. The van der Waals surface area contributed by atoms with Crippen LogP contribution < -0.4 is 4.90 Å². The van der Waals surface area contributed by atoms with Crippen molar-refractivity contribution in [3.63, 3.8) is 0 Å². The molecule has 2 heterocycles. The van der Waals surface area contributed by atoms with Gasteiger partial charge in [0.05, 0.1) is 0 Å². The Labute approximate surface area is 100 Å². The van der Waals surface area contributed by atoms with Crippen molar-refractivity contribution in [2.24, 2.45) is 5.92 Å². The van der Waals surface area contributed by atoms with Crippen LogP contribution in [0, 0.1) is 5.92 Å². The number of thiazole rings is 1. The van der Waals surface area contributed by atoms with Crippen LogP contribution in [-0.2, 0) is 0 Å². The number of piperidine rings is 1. The average molecular weight is 245 g/mol. The fraction of sp³-hybridized carbons (Fsp3) is 0.727. The third kappa shape index (κ3) is 2.45. The molecule has 0 unspecified atom stereocenters. The Morgan fingerprint density at radius 3 is 3.00 bits per heavy atom. The Morgan fingerprint density at radius 1 is 1.60 bits per heavy atom. The summed E-state index contributed by atoms with van der Waals surface area (Å²) in [6.45, 7) is 5.69. The smallest absolute Gasteiger partial charge is 0.186 e. The van der Waals surface area contributed by atoms with E-state index in [0.29, 0.717) is 11.2 Å². The van der Waals surface area contributed by atoms with Gasteiger partial charge in [-0.3, -0.25) is 0 Å². The largest absolute Gasteiger partial charge is 0.345 e. The molecule has 1 fully saturated rings. The Balaban J connectivity index is 2.12. The summed E-state index contributed by atoms with van der Waals surface area (Å²) in [5, 5.41) is 3.63. The molecule has 2 atom stereocenters. The van der Waals surface area contributed by atoms with Gasteiger partial charge in [0.25, 0.3) is 0 Å². The first-order valence-electron chi connectivity index (χ1n) is 5.58. The fourth-order valence-corrected chi connectivity index (χ4v) is 3.22. The summed E-state index contributed by atoms with van der Waals surface area (Å²) in [6.07, 6.45) is 3.89. The van der Waals surface area contributed by atoms with Gasteiger partial charge in [-0.2, -0.15) is 0 Å². The van der Waals surface area contributed by atoms with E-state index < -0.39 is 0 Å². The molecule has 0 aromatic carbocycles. The molecular weight excluding hydrogens is 228 g/mol. The Kier molecular flexibility index (Phi) is 3.52. The first-order valence-corrected chi connectivity index (χ1v) is 6.84. The van der Waals surface area contributed by atoms with Crippen molar-refractivity contribution in [1.29, 1.82) is 0 Å². The molecule has 2 rings (SSSR count). The van der Waals surface area contributed by atoms with Crippen LogP contribution >= 0.6 is 22.9 Å². The van der Waals surface area contributed by atoms with Crippen LogP contribution in [0.2, 0.25) is 5.15 Å². The highest BCUT2D eigenvalue weighted by molar-refractivity contribution is 7.14. The maximum absolute atomic E-state index is 5.87. The van der Waals surface area contributed by atoms with Crippen LogP contribution in [0.1, 0.15) is 33.1 Å².